The van der Waals surface area contributed by atoms with Crippen molar-refractivity contribution in [2.75, 3.05) is 12.8 Å². The molecule has 3 nitrogen and oxygen atoms in total. The monoisotopic (exact) mass is 233 g/mol. The molecule has 0 radical (unpaired) electrons. The van der Waals surface area contributed by atoms with E-state index >= 15 is 0 Å². The topological polar surface area (TPSA) is 52.3 Å². The van der Waals surface area contributed by atoms with Crippen molar-refractivity contribution in [2.45, 2.75) is 6.42 Å². The summed E-state index contributed by atoms with van der Waals surface area (Å²) in [5.74, 6) is -0.345. The summed E-state index contributed by atoms with van der Waals surface area (Å²) in [5, 5.41) is 0.644. The quantitative estimate of drug-likeness (QED) is 0.630. The Balaban J connectivity index is 2.95. The number of carbonyl (C=O) groups excluding carboxylic acids is 1. The van der Waals surface area contributed by atoms with Gasteiger partial charge in [-0.1, -0.05) is 23.2 Å². The van der Waals surface area contributed by atoms with Gasteiger partial charge in [0.25, 0.3) is 0 Å². The first-order valence-electron chi connectivity index (χ1n) is 3.84. The van der Waals surface area contributed by atoms with E-state index in [4.69, 9.17) is 28.9 Å². The Morgan fingerprint density at radius 2 is 2.14 bits per heavy atom. The van der Waals surface area contributed by atoms with Crippen LogP contribution in [0, 0.1) is 0 Å². The molecule has 0 aliphatic carbocycles. The maximum atomic E-state index is 10.9. The highest BCUT2D eigenvalue weighted by Crippen LogP contribution is 2.29. The first-order valence-corrected chi connectivity index (χ1v) is 4.60. The first-order chi connectivity index (χ1) is 6.54. The van der Waals surface area contributed by atoms with E-state index < -0.39 is 0 Å². The van der Waals surface area contributed by atoms with Gasteiger partial charge in [0.05, 0.1) is 29.3 Å². The van der Waals surface area contributed by atoms with Gasteiger partial charge in [0.15, 0.2) is 0 Å². The lowest BCUT2D eigenvalue weighted by atomic mass is 10.1. The molecule has 0 bridgehead atoms. The van der Waals surface area contributed by atoms with Crippen LogP contribution in [0.5, 0.6) is 0 Å². The first kappa shape index (κ1) is 11.1. The highest BCUT2D eigenvalue weighted by molar-refractivity contribution is 6.43. The lowest BCUT2D eigenvalue weighted by Crippen LogP contribution is -2.05. The Kier molecular flexibility index (Phi) is 3.61. The normalized spacial score (nSPS) is 9.93. The average molecular weight is 234 g/mol. The molecule has 0 aromatic heterocycles. The summed E-state index contributed by atoms with van der Waals surface area (Å²) in [5.41, 5.74) is 6.61. The predicted octanol–water partition coefficient (Wildman–Crippen LogP) is 2.29. The standard InChI is InChI=1S/C9H9Cl2NO2/c1-14-8(13)4-5-2-6(10)9(11)7(12)3-5/h2-3H,4,12H2,1H3. The van der Waals surface area contributed by atoms with Gasteiger partial charge >= 0.3 is 5.97 Å². The molecule has 0 heterocycles. The van der Waals surface area contributed by atoms with Crippen LogP contribution < -0.4 is 5.73 Å². The second kappa shape index (κ2) is 4.53. The molecular weight excluding hydrogens is 225 g/mol. The van der Waals surface area contributed by atoms with E-state index in [1.165, 1.54) is 7.11 Å². The molecule has 5 heteroatoms. The van der Waals surface area contributed by atoms with E-state index in [-0.39, 0.29) is 12.4 Å². The van der Waals surface area contributed by atoms with Gasteiger partial charge in [0.1, 0.15) is 0 Å². The predicted molar refractivity (Wildman–Crippen MR) is 56.6 cm³/mol. The zero-order valence-corrected chi connectivity index (χ0v) is 9.02. The maximum Gasteiger partial charge on any atom is 0.309 e. The zero-order valence-electron chi connectivity index (χ0n) is 7.51. The van der Waals surface area contributed by atoms with Gasteiger partial charge in [0.2, 0.25) is 0 Å². The number of nitrogen functional groups attached to an aromatic ring is 1. The fraction of sp³-hybridized carbons (Fsp3) is 0.222. The molecule has 0 saturated heterocycles. The fourth-order valence-electron chi connectivity index (χ4n) is 1.01. The molecule has 2 N–H and O–H groups in total. The van der Waals surface area contributed by atoms with Crippen LogP contribution in [0.4, 0.5) is 5.69 Å². The molecule has 76 valence electrons. The Labute approximate surface area is 91.7 Å². The molecule has 0 spiro atoms. The van der Waals surface area contributed by atoms with E-state index in [1.807, 2.05) is 0 Å². The molecule has 0 amide bonds. The molecule has 1 aromatic rings. The number of esters is 1. The molecule has 14 heavy (non-hydrogen) atoms. The van der Waals surface area contributed by atoms with Crippen molar-refractivity contribution >= 4 is 34.9 Å². The highest BCUT2D eigenvalue weighted by Gasteiger charge is 2.08. The van der Waals surface area contributed by atoms with Gasteiger partial charge in [-0.05, 0) is 17.7 Å². The van der Waals surface area contributed by atoms with Crippen LogP contribution in [0.3, 0.4) is 0 Å². The number of carbonyl (C=O) groups is 1. The third-order valence-electron chi connectivity index (χ3n) is 1.69. The Morgan fingerprint density at radius 3 is 2.64 bits per heavy atom. The Morgan fingerprint density at radius 1 is 1.50 bits per heavy atom. The number of anilines is 1. The lowest BCUT2D eigenvalue weighted by molar-refractivity contribution is -0.139. The maximum absolute atomic E-state index is 10.9. The van der Waals surface area contributed by atoms with E-state index in [9.17, 15) is 4.79 Å². The summed E-state index contributed by atoms with van der Waals surface area (Å²) >= 11 is 11.5. The minimum Gasteiger partial charge on any atom is -0.469 e. The van der Waals surface area contributed by atoms with Crippen molar-refractivity contribution in [3.05, 3.63) is 27.7 Å². The van der Waals surface area contributed by atoms with E-state index in [1.54, 1.807) is 12.1 Å². The van der Waals surface area contributed by atoms with Crippen molar-refractivity contribution in [3.63, 3.8) is 0 Å². The van der Waals surface area contributed by atoms with Crippen LogP contribution in [0.15, 0.2) is 12.1 Å². The smallest absolute Gasteiger partial charge is 0.309 e. The molecular formula is C9H9Cl2NO2. The SMILES string of the molecule is COC(=O)Cc1cc(N)c(Cl)c(Cl)c1. The second-order valence-corrected chi connectivity index (χ2v) is 3.52. The summed E-state index contributed by atoms with van der Waals surface area (Å²) < 4.78 is 4.51. The third-order valence-corrected chi connectivity index (χ3v) is 2.51. The van der Waals surface area contributed by atoms with Crippen molar-refractivity contribution in [2.24, 2.45) is 0 Å². The minimum atomic E-state index is -0.345. The number of ether oxygens (including phenoxy) is 1. The fourth-order valence-corrected chi connectivity index (χ4v) is 1.37. The van der Waals surface area contributed by atoms with Crippen LogP contribution in [0.2, 0.25) is 10.0 Å². The molecule has 0 saturated carbocycles. The van der Waals surface area contributed by atoms with Crippen LogP contribution >= 0.6 is 23.2 Å². The summed E-state index contributed by atoms with van der Waals surface area (Å²) in [6.45, 7) is 0. The van der Waals surface area contributed by atoms with Gasteiger partial charge in [-0.2, -0.15) is 0 Å². The number of benzene rings is 1. The number of halogens is 2. The van der Waals surface area contributed by atoms with Gasteiger partial charge in [-0.25, -0.2) is 0 Å². The van der Waals surface area contributed by atoms with Crippen LogP contribution in [0.1, 0.15) is 5.56 Å². The summed E-state index contributed by atoms with van der Waals surface area (Å²) in [6.07, 6.45) is 0.136. The second-order valence-electron chi connectivity index (χ2n) is 2.73. The number of hydrogen-bond acceptors (Lipinski definition) is 3. The van der Waals surface area contributed by atoms with Crippen molar-refractivity contribution in [1.29, 1.82) is 0 Å². The van der Waals surface area contributed by atoms with E-state index in [0.29, 0.717) is 21.3 Å². The number of methoxy groups -OCH3 is 1. The van der Waals surface area contributed by atoms with E-state index in [0.717, 1.165) is 0 Å². The summed E-state index contributed by atoms with van der Waals surface area (Å²) in [7, 11) is 1.32. The highest BCUT2D eigenvalue weighted by atomic mass is 35.5. The summed E-state index contributed by atoms with van der Waals surface area (Å²) in [4.78, 5) is 10.9. The molecule has 0 atom stereocenters. The van der Waals surface area contributed by atoms with Crippen molar-refractivity contribution < 1.29 is 9.53 Å². The van der Waals surface area contributed by atoms with Crippen molar-refractivity contribution in [3.8, 4) is 0 Å². The zero-order chi connectivity index (χ0) is 10.7. The van der Waals surface area contributed by atoms with Gasteiger partial charge in [-0.3, -0.25) is 4.79 Å². The molecule has 0 unspecified atom stereocenters. The number of nitrogens with two attached hydrogens (primary N) is 1. The number of hydrogen-bond donors (Lipinski definition) is 1. The van der Waals surface area contributed by atoms with E-state index in [2.05, 4.69) is 4.74 Å². The molecule has 0 aliphatic heterocycles. The molecule has 0 aliphatic rings. The Bertz CT molecular complexity index is 343. The van der Waals surface area contributed by atoms with Crippen LogP contribution in [-0.4, -0.2) is 13.1 Å². The van der Waals surface area contributed by atoms with Crippen LogP contribution in [-0.2, 0) is 16.0 Å². The minimum absolute atomic E-state index is 0.136. The summed E-state index contributed by atoms with van der Waals surface area (Å²) in [6, 6.07) is 3.20. The molecule has 1 rings (SSSR count). The van der Waals surface area contributed by atoms with Gasteiger partial charge in [-0.15, -0.1) is 0 Å². The average Bonchev–Trinajstić information content (AvgIpc) is 2.14. The third kappa shape index (κ3) is 2.53. The Hall–Kier alpha value is -0.930. The molecule has 1 aromatic carbocycles. The van der Waals surface area contributed by atoms with Gasteiger partial charge in [0, 0.05) is 0 Å². The van der Waals surface area contributed by atoms with Crippen LogP contribution in [0.25, 0.3) is 0 Å². The molecule has 0 fully saturated rings. The number of rotatable bonds is 2. The largest absolute Gasteiger partial charge is 0.469 e. The van der Waals surface area contributed by atoms with Crippen molar-refractivity contribution in [1.82, 2.24) is 0 Å². The van der Waals surface area contributed by atoms with Gasteiger partial charge < -0.3 is 10.5 Å². The lowest BCUT2D eigenvalue weighted by Gasteiger charge is -2.05.